The van der Waals surface area contributed by atoms with Gasteiger partial charge in [-0.05, 0) is 18.4 Å². The quantitative estimate of drug-likeness (QED) is 0.773. The van der Waals surface area contributed by atoms with E-state index in [2.05, 4.69) is 24.1 Å². The lowest BCUT2D eigenvalue weighted by atomic mass is 10.1. The molecule has 1 heterocycles. The number of H-pyrrole nitrogens is 1. The van der Waals surface area contributed by atoms with E-state index in [0.29, 0.717) is 5.92 Å². The third-order valence-corrected chi connectivity index (χ3v) is 2.89. The fourth-order valence-electron chi connectivity index (χ4n) is 1.91. The summed E-state index contributed by atoms with van der Waals surface area (Å²) in [5.41, 5.74) is 1.73. The molecule has 0 saturated carbocycles. The largest absolute Gasteiger partial charge is 0.371 e. The molecule has 0 radical (unpaired) electrons. The summed E-state index contributed by atoms with van der Waals surface area (Å²) in [4.78, 5) is 14.4. The van der Waals surface area contributed by atoms with E-state index in [1.807, 2.05) is 24.3 Å². The zero-order chi connectivity index (χ0) is 12.3. The molecule has 1 aromatic carbocycles. The van der Waals surface area contributed by atoms with Gasteiger partial charge in [0.1, 0.15) is 5.82 Å². The van der Waals surface area contributed by atoms with Gasteiger partial charge in [-0.15, -0.1) is 0 Å². The van der Waals surface area contributed by atoms with Crippen LogP contribution in [0, 0.1) is 5.92 Å². The van der Waals surface area contributed by atoms with E-state index >= 15 is 0 Å². The Kier molecular flexibility index (Phi) is 3.47. The predicted octanol–water partition coefficient (Wildman–Crippen LogP) is 3.44. The molecule has 2 aromatic rings. The van der Waals surface area contributed by atoms with Gasteiger partial charge in [0.15, 0.2) is 6.29 Å². The minimum Gasteiger partial charge on any atom is -0.371 e. The fourth-order valence-corrected chi connectivity index (χ4v) is 1.91. The molecule has 1 aromatic heterocycles. The van der Waals surface area contributed by atoms with Crippen LogP contribution < -0.4 is 5.32 Å². The number of anilines is 1. The second-order valence-electron chi connectivity index (χ2n) is 4.69. The molecule has 2 rings (SSSR count). The highest BCUT2D eigenvalue weighted by atomic mass is 16.1. The molecule has 3 nitrogen and oxygen atoms in total. The van der Waals surface area contributed by atoms with Gasteiger partial charge in [0.2, 0.25) is 0 Å². The van der Waals surface area contributed by atoms with Gasteiger partial charge >= 0.3 is 0 Å². The van der Waals surface area contributed by atoms with Crippen molar-refractivity contribution in [2.45, 2.75) is 20.3 Å². The first-order chi connectivity index (χ1) is 8.22. The van der Waals surface area contributed by atoms with E-state index < -0.39 is 0 Å². The molecule has 0 bridgehead atoms. The number of para-hydroxylation sites is 1. The van der Waals surface area contributed by atoms with Crippen molar-refractivity contribution >= 4 is 23.0 Å². The average Bonchev–Trinajstić information content (AvgIpc) is 2.66. The number of carbonyl (C=O) groups excluding carboxylic acids is 1. The van der Waals surface area contributed by atoms with Crippen molar-refractivity contribution in [3.05, 3.63) is 29.8 Å². The zero-order valence-corrected chi connectivity index (χ0v) is 10.3. The summed E-state index contributed by atoms with van der Waals surface area (Å²) in [7, 11) is 0. The van der Waals surface area contributed by atoms with E-state index in [0.717, 1.165) is 41.5 Å². The Labute approximate surface area is 101 Å². The van der Waals surface area contributed by atoms with Crippen LogP contribution in [0.15, 0.2) is 24.3 Å². The first kappa shape index (κ1) is 11.7. The maximum atomic E-state index is 11.1. The van der Waals surface area contributed by atoms with Gasteiger partial charge < -0.3 is 10.3 Å². The number of nitrogens with one attached hydrogen (secondary N) is 2. The zero-order valence-electron chi connectivity index (χ0n) is 10.3. The molecule has 0 fully saturated rings. The molecule has 17 heavy (non-hydrogen) atoms. The summed E-state index contributed by atoms with van der Waals surface area (Å²) >= 11 is 0. The highest BCUT2D eigenvalue weighted by Gasteiger charge is 2.09. The van der Waals surface area contributed by atoms with Crippen molar-refractivity contribution in [3.8, 4) is 0 Å². The molecular weight excluding hydrogens is 212 g/mol. The first-order valence-electron chi connectivity index (χ1n) is 6.02. The van der Waals surface area contributed by atoms with Gasteiger partial charge in [0, 0.05) is 17.4 Å². The number of aldehydes is 1. The van der Waals surface area contributed by atoms with Crippen LogP contribution in [0.1, 0.15) is 30.6 Å². The van der Waals surface area contributed by atoms with Crippen molar-refractivity contribution < 1.29 is 4.79 Å². The van der Waals surface area contributed by atoms with Gasteiger partial charge in [0.05, 0.1) is 5.56 Å². The van der Waals surface area contributed by atoms with Crippen LogP contribution in [-0.2, 0) is 0 Å². The summed E-state index contributed by atoms with van der Waals surface area (Å²) in [6.45, 7) is 5.26. The highest BCUT2D eigenvalue weighted by molar-refractivity contribution is 6.03. The number of rotatable bonds is 5. The van der Waals surface area contributed by atoms with Gasteiger partial charge in [-0.1, -0.05) is 32.0 Å². The summed E-state index contributed by atoms with van der Waals surface area (Å²) in [6, 6.07) is 7.85. The smallest absolute Gasteiger partial charge is 0.154 e. The Balaban J connectivity index is 2.24. The molecule has 0 saturated heterocycles. The Morgan fingerprint density at radius 1 is 1.35 bits per heavy atom. The molecule has 0 atom stereocenters. The summed E-state index contributed by atoms with van der Waals surface area (Å²) in [6.07, 6.45) is 2.00. The SMILES string of the molecule is CC(C)CCNc1[nH]c2ccccc2c1C=O. The highest BCUT2D eigenvalue weighted by Crippen LogP contribution is 2.24. The van der Waals surface area contributed by atoms with E-state index in [-0.39, 0.29) is 0 Å². The molecule has 0 unspecified atom stereocenters. The molecule has 0 spiro atoms. The fraction of sp³-hybridized carbons (Fsp3) is 0.357. The van der Waals surface area contributed by atoms with Crippen molar-refractivity contribution in [1.29, 1.82) is 0 Å². The van der Waals surface area contributed by atoms with Crippen LogP contribution in [0.4, 0.5) is 5.82 Å². The van der Waals surface area contributed by atoms with Crippen LogP contribution in [0.25, 0.3) is 10.9 Å². The number of hydrogen-bond donors (Lipinski definition) is 2. The van der Waals surface area contributed by atoms with E-state index in [1.54, 1.807) is 0 Å². The van der Waals surface area contributed by atoms with E-state index in [4.69, 9.17) is 0 Å². The first-order valence-corrected chi connectivity index (χ1v) is 6.02. The average molecular weight is 230 g/mol. The second-order valence-corrected chi connectivity index (χ2v) is 4.69. The van der Waals surface area contributed by atoms with Crippen LogP contribution >= 0.6 is 0 Å². The van der Waals surface area contributed by atoms with E-state index in [9.17, 15) is 4.79 Å². The van der Waals surface area contributed by atoms with Crippen LogP contribution in [-0.4, -0.2) is 17.8 Å². The number of aromatic nitrogens is 1. The predicted molar refractivity (Wildman–Crippen MR) is 71.6 cm³/mol. The lowest BCUT2D eigenvalue weighted by molar-refractivity contribution is 0.112. The summed E-state index contributed by atoms with van der Waals surface area (Å²) < 4.78 is 0. The van der Waals surface area contributed by atoms with Gasteiger partial charge in [-0.3, -0.25) is 4.79 Å². The van der Waals surface area contributed by atoms with Crippen LogP contribution in [0.2, 0.25) is 0 Å². The number of aromatic amines is 1. The molecule has 0 aliphatic carbocycles. The molecule has 0 aliphatic rings. The number of hydrogen-bond acceptors (Lipinski definition) is 2. The molecule has 3 heteroatoms. The third kappa shape index (κ3) is 2.49. The maximum Gasteiger partial charge on any atom is 0.154 e. The number of carbonyl (C=O) groups is 1. The van der Waals surface area contributed by atoms with Crippen molar-refractivity contribution in [1.82, 2.24) is 4.98 Å². The third-order valence-electron chi connectivity index (χ3n) is 2.89. The van der Waals surface area contributed by atoms with Crippen LogP contribution in [0.3, 0.4) is 0 Å². The second kappa shape index (κ2) is 5.04. The monoisotopic (exact) mass is 230 g/mol. The topological polar surface area (TPSA) is 44.9 Å². The lowest BCUT2D eigenvalue weighted by Gasteiger charge is -2.06. The standard InChI is InChI=1S/C14H18N2O/c1-10(2)7-8-15-14-12(9-17)11-5-3-4-6-13(11)16-14/h3-6,9-10,15-16H,7-8H2,1-2H3. The molecule has 0 amide bonds. The van der Waals surface area contributed by atoms with Gasteiger partial charge in [-0.2, -0.15) is 0 Å². The normalized spacial score (nSPS) is 11.0. The number of benzene rings is 1. The summed E-state index contributed by atoms with van der Waals surface area (Å²) in [5.74, 6) is 1.49. The van der Waals surface area contributed by atoms with Gasteiger partial charge in [0.25, 0.3) is 0 Å². The number of fused-ring (bicyclic) bond motifs is 1. The molecule has 2 N–H and O–H groups in total. The van der Waals surface area contributed by atoms with Crippen molar-refractivity contribution in [3.63, 3.8) is 0 Å². The van der Waals surface area contributed by atoms with E-state index in [1.165, 1.54) is 0 Å². The Morgan fingerprint density at radius 2 is 2.12 bits per heavy atom. The Bertz CT molecular complexity index is 514. The molecular formula is C14H18N2O. The minimum absolute atomic E-state index is 0.659. The van der Waals surface area contributed by atoms with Crippen molar-refractivity contribution in [2.24, 2.45) is 5.92 Å². The Hall–Kier alpha value is -1.77. The van der Waals surface area contributed by atoms with Crippen molar-refractivity contribution in [2.75, 3.05) is 11.9 Å². The van der Waals surface area contributed by atoms with Gasteiger partial charge in [-0.25, -0.2) is 0 Å². The Morgan fingerprint density at radius 3 is 2.82 bits per heavy atom. The summed E-state index contributed by atoms with van der Waals surface area (Å²) in [5, 5.41) is 4.28. The maximum absolute atomic E-state index is 11.1. The lowest BCUT2D eigenvalue weighted by Crippen LogP contribution is -2.06. The van der Waals surface area contributed by atoms with Crippen LogP contribution in [0.5, 0.6) is 0 Å². The minimum atomic E-state index is 0.659. The molecule has 0 aliphatic heterocycles. The molecule has 90 valence electrons.